The Morgan fingerprint density at radius 1 is 1.50 bits per heavy atom. The number of pyridine rings is 1. The second kappa shape index (κ2) is 4.76. The Kier molecular flexibility index (Phi) is 3.32. The largest absolute Gasteiger partial charge is 0.369 e. The zero-order valence-corrected chi connectivity index (χ0v) is 10.4. The van der Waals surface area contributed by atoms with Crippen LogP contribution in [0.3, 0.4) is 0 Å². The minimum Gasteiger partial charge on any atom is -0.369 e. The smallest absolute Gasteiger partial charge is 0.255 e. The van der Waals surface area contributed by atoms with E-state index in [0.29, 0.717) is 18.7 Å². The molecule has 1 atom stereocenters. The summed E-state index contributed by atoms with van der Waals surface area (Å²) in [5.41, 5.74) is 5.35. The maximum absolute atomic E-state index is 12.2. The summed E-state index contributed by atoms with van der Waals surface area (Å²) in [6, 6.07) is 3.45. The lowest BCUT2D eigenvalue weighted by molar-refractivity contribution is -0.129. The maximum Gasteiger partial charge on any atom is 0.255 e. The van der Waals surface area contributed by atoms with Gasteiger partial charge in [-0.3, -0.25) is 14.6 Å². The molecule has 2 rings (SSSR count). The fraction of sp³-hybridized carbons (Fsp3) is 0.462. The van der Waals surface area contributed by atoms with Gasteiger partial charge < -0.3 is 10.6 Å². The predicted octanol–water partition coefficient (Wildman–Crippen LogP) is 0.809. The molecule has 0 aromatic carbocycles. The number of hydrogen-bond acceptors (Lipinski definition) is 3. The molecular formula is C13H17N3O2. The Labute approximate surface area is 106 Å². The van der Waals surface area contributed by atoms with Crippen LogP contribution in [0, 0.1) is 5.41 Å². The average molecular weight is 247 g/mol. The molecule has 0 saturated carbocycles. The van der Waals surface area contributed by atoms with E-state index >= 15 is 0 Å². The molecule has 0 radical (unpaired) electrons. The van der Waals surface area contributed by atoms with E-state index in [4.69, 9.17) is 5.73 Å². The number of likely N-dealkylation sites (tertiary alicyclic amines) is 1. The van der Waals surface area contributed by atoms with Crippen LogP contribution in [-0.4, -0.2) is 34.8 Å². The second-order valence-electron chi connectivity index (χ2n) is 5.00. The van der Waals surface area contributed by atoms with Crippen LogP contribution in [0.1, 0.15) is 30.1 Å². The summed E-state index contributed by atoms with van der Waals surface area (Å²) < 4.78 is 0. The number of nitrogens with two attached hydrogens (primary N) is 1. The molecule has 1 fully saturated rings. The Balaban J connectivity index is 2.15. The first kappa shape index (κ1) is 12.5. The quantitative estimate of drug-likeness (QED) is 0.840. The monoisotopic (exact) mass is 247 g/mol. The first-order chi connectivity index (χ1) is 8.53. The van der Waals surface area contributed by atoms with Crippen LogP contribution in [0.25, 0.3) is 0 Å². The van der Waals surface area contributed by atoms with Crippen LogP contribution in [0.5, 0.6) is 0 Å². The second-order valence-corrected chi connectivity index (χ2v) is 5.00. The lowest BCUT2D eigenvalue weighted by Crippen LogP contribution is -2.50. The van der Waals surface area contributed by atoms with Gasteiger partial charge in [-0.05, 0) is 31.9 Å². The highest BCUT2D eigenvalue weighted by Crippen LogP contribution is 2.29. The van der Waals surface area contributed by atoms with Crippen LogP contribution in [0.15, 0.2) is 24.5 Å². The molecule has 5 nitrogen and oxygen atoms in total. The number of carbonyl (C=O) groups excluding carboxylic acids is 2. The lowest BCUT2D eigenvalue weighted by Gasteiger charge is -2.38. The SMILES string of the molecule is C[C@@]1(C(N)=O)CCCN(C(=O)c2cccnc2)C1. The van der Waals surface area contributed by atoms with Gasteiger partial charge in [-0.2, -0.15) is 0 Å². The lowest BCUT2D eigenvalue weighted by atomic mass is 9.81. The van der Waals surface area contributed by atoms with Gasteiger partial charge in [-0.15, -0.1) is 0 Å². The van der Waals surface area contributed by atoms with Crippen molar-refractivity contribution in [2.45, 2.75) is 19.8 Å². The average Bonchev–Trinajstić information content (AvgIpc) is 2.39. The molecule has 0 spiro atoms. The molecule has 1 aliphatic rings. The Morgan fingerprint density at radius 2 is 2.28 bits per heavy atom. The summed E-state index contributed by atoms with van der Waals surface area (Å²) in [7, 11) is 0. The van der Waals surface area contributed by atoms with Gasteiger partial charge in [0, 0.05) is 25.5 Å². The number of primary amides is 1. The third-order valence-electron chi connectivity index (χ3n) is 3.49. The maximum atomic E-state index is 12.2. The standard InChI is InChI=1S/C13H17N3O2/c1-13(12(14)18)5-3-7-16(9-13)11(17)10-4-2-6-15-8-10/h2,4,6,8H,3,5,7,9H2,1H3,(H2,14,18)/t13-/m1/s1. The fourth-order valence-electron chi connectivity index (χ4n) is 2.29. The van der Waals surface area contributed by atoms with Crippen LogP contribution < -0.4 is 5.73 Å². The van der Waals surface area contributed by atoms with Crippen molar-refractivity contribution in [3.63, 3.8) is 0 Å². The summed E-state index contributed by atoms with van der Waals surface area (Å²) in [6.07, 6.45) is 4.70. The molecule has 2 N–H and O–H groups in total. The highest BCUT2D eigenvalue weighted by atomic mass is 16.2. The number of amides is 2. The summed E-state index contributed by atoms with van der Waals surface area (Å²) in [4.78, 5) is 29.3. The first-order valence-corrected chi connectivity index (χ1v) is 6.02. The number of rotatable bonds is 2. The zero-order valence-electron chi connectivity index (χ0n) is 10.4. The summed E-state index contributed by atoms with van der Waals surface area (Å²) in [5.74, 6) is -0.429. The zero-order chi connectivity index (χ0) is 13.2. The third-order valence-corrected chi connectivity index (χ3v) is 3.49. The normalized spacial score (nSPS) is 23.7. The van der Waals surface area contributed by atoms with Gasteiger partial charge in [0.05, 0.1) is 11.0 Å². The molecule has 96 valence electrons. The van der Waals surface area contributed by atoms with E-state index in [1.807, 2.05) is 6.92 Å². The molecule has 2 amide bonds. The molecule has 1 aromatic heterocycles. The van der Waals surface area contributed by atoms with Crippen molar-refractivity contribution in [2.24, 2.45) is 11.1 Å². The topological polar surface area (TPSA) is 76.3 Å². The van der Waals surface area contributed by atoms with Gasteiger partial charge in [-0.25, -0.2) is 0 Å². The van der Waals surface area contributed by atoms with Crippen molar-refractivity contribution in [3.05, 3.63) is 30.1 Å². The number of piperidine rings is 1. The Morgan fingerprint density at radius 3 is 2.89 bits per heavy atom. The van der Waals surface area contributed by atoms with Gasteiger partial charge in [0.15, 0.2) is 0 Å². The molecule has 2 heterocycles. The van der Waals surface area contributed by atoms with Crippen molar-refractivity contribution in [1.82, 2.24) is 9.88 Å². The van der Waals surface area contributed by atoms with E-state index in [0.717, 1.165) is 12.8 Å². The van der Waals surface area contributed by atoms with E-state index in [9.17, 15) is 9.59 Å². The van der Waals surface area contributed by atoms with E-state index < -0.39 is 5.41 Å². The van der Waals surface area contributed by atoms with Gasteiger partial charge in [-0.1, -0.05) is 0 Å². The highest BCUT2D eigenvalue weighted by Gasteiger charge is 2.37. The van der Waals surface area contributed by atoms with Crippen LogP contribution in [0.2, 0.25) is 0 Å². The van der Waals surface area contributed by atoms with E-state index in [2.05, 4.69) is 4.98 Å². The number of carbonyl (C=O) groups is 2. The molecule has 0 unspecified atom stereocenters. The number of hydrogen-bond donors (Lipinski definition) is 1. The molecule has 18 heavy (non-hydrogen) atoms. The molecule has 0 bridgehead atoms. The molecule has 5 heteroatoms. The Hall–Kier alpha value is -1.91. The molecular weight excluding hydrogens is 230 g/mol. The third kappa shape index (κ3) is 2.34. The van der Waals surface area contributed by atoms with Crippen LogP contribution >= 0.6 is 0 Å². The summed E-state index contributed by atoms with van der Waals surface area (Å²) in [6.45, 7) is 2.87. The minimum atomic E-state index is -0.615. The first-order valence-electron chi connectivity index (χ1n) is 6.02. The summed E-state index contributed by atoms with van der Waals surface area (Å²) >= 11 is 0. The minimum absolute atomic E-state index is 0.0877. The predicted molar refractivity (Wildman–Crippen MR) is 66.7 cm³/mol. The van der Waals surface area contributed by atoms with Gasteiger partial charge >= 0.3 is 0 Å². The van der Waals surface area contributed by atoms with E-state index in [1.54, 1.807) is 29.4 Å². The van der Waals surface area contributed by atoms with E-state index in [-0.39, 0.29) is 11.8 Å². The highest BCUT2D eigenvalue weighted by molar-refractivity contribution is 5.94. The van der Waals surface area contributed by atoms with Crippen LogP contribution in [-0.2, 0) is 4.79 Å². The van der Waals surface area contributed by atoms with Crippen molar-refractivity contribution in [3.8, 4) is 0 Å². The van der Waals surface area contributed by atoms with Gasteiger partial charge in [0.25, 0.3) is 5.91 Å². The van der Waals surface area contributed by atoms with Crippen molar-refractivity contribution >= 4 is 11.8 Å². The molecule has 1 aliphatic heterocycles. The van der Waals surface area contributed by atoms with E-state index in [1.165, 1.54) is 0 Å². The molecule has 1 saturated heterocycles. The number of aromatic nitrogens is 1. The van der Waals surface area contributed by atoms with Crippen LogP contribution in [0.4, 0.5) is 0 Å². The van der Waals surface area contributed by atoms with Crippen molar-refractivity contribution < 1.29 is 9.59 Å². The van der Waals surface area contributed by atoms with Crippen molar-refractivity contribution in [2.75, 3.05) is 13.1 Å². The fourth-order valence-corrected chi connectivity index (χ4v) is 2.29. The van der Waals surface area contributed by atoms with Gasteiger partial charge in [0.1, 0.15) is 0 Å². The van der Waals surface area contributed by atoms with Gasteiger partial charge in [0.2, 0.25) is 5.91 Å². The molecule has 1 aromatic rings. The van der Waals surface area contributed by atoms with Crippen molar-refractivity contribution in [1.29, 1.82) is 0 Å². The summed E-state index contributed by atoms with van der Waals surface area (Å²) in [5, 5.41) is 0. The number of nitrogens with zero attached hydrogens (tertiary/aromatic N) is 2. The Bertz CT molecular complexity index is 461. The molecule has 0 aliphatic carbocycles.